The summed E-state index contributed by atoms with van der Waals surface area (Å²) >= 11 is 0. The van der Waals surface area contributed by atoms with Gasteiger partial charge in [0.1, 0.15) is 5.75 Å². The van der Waals surface area contributed by atoms with Gasteiger partial charge in [-0.25, -0.2) is 9.78 Å². The molecular weight excluding hydrogens is 544 g/mol. The largest absolute Gasteiger partial charge is 0.497 e. The van der Waals surface area contributed by atoms with E-state index in [1.54, 1.807) is 80.8 Å². The van der Waals surface area contributed by atoms with Crippen LogP contribution in [0.25, 0.3) is 22.2 Å². The SMILES string of the molecule is COc1ccc(C(=O)[C@H](C)OC(=O)c2cc(-c3ccc(N4C(=O)[C@H]5C[C@@H](C)CC[C@H]5C4=O)cc3)nc3ccccc23)cc1. The van der Waals surface area contributed by atoms with E-state index in [0.717, 1.165) is 19.3 Å². The first-order valence-electron chi connectivity index (χ1n) is 14.5. The number of aromatic nitrogens is 1. The van der Waals surface area contributed by atoms with Crippen LogP contribution in [-0.4, -0.2) is 41.8 Å². The highest BCUT2D eigenvalue weighted by Gasteiger charge is 2.49. The van der Waals surface area contributed by atoms with E-state index in [2.05, 4.69) is 6.92 Å². The molecule has 4 atom stereocenters. The maximum Gasteiger partial charge on any atom is 0.339 e. The number of amides is 2. The number of carbonyl (C=O) groups excluding carboxylic acids is 4. The summed E-state index contributed by atoms with van der Waals surface area (Å²) in [5, 5.41) is 0.599. The molecule has 0 radical (unpaired) electrons. The third kappa shape index (κ3) is 5.29. The molecule has 6 rings (SSSR count). The molecule has 218 valence electrons. The van der Waals surface area contributed by atoms with Crippen LogP contribution in [0.2, 0.25) is 0 Å². The Bertz CT molecular complexity index is 1730. The third-order valence-electron chi connectivity index (χ3n) is 8.57. The lowest BCUT2D eigenvalue weighted by Crippen LogP contribution is -2.30. The zero-order valence-electron chi connectivity index (χ0n) is 24.3. The van der Waals surface area contributed by atoms with E-state index in [9.17, 15) is 19.2 Å². The molecule has 0 bridgehead atoms. The van der Waals surface area contributed by atoms with E-state index in [-0.39, 0.29) is 35.0 Å². The van der Waals surface area contributed by atoms with Gasteiger partial charge in [0, 0.05) is 16.5 Å². The van der Waals surface area contributed by atoms with E-state index in [1.165, 1.54) is 4.90 Å². The number of ether oxygens (including phenoxy) is 2. The van der Waals surface area contributed by atoms with Crippen molar-refractivity contribution in [3.05, 3.63) is 90.0 Å². The molecule has 8 heteroatoms. The Labute approximate surface area is 249 Å². The summed E-state index contributed by atoms with van der Waals surface area (Å²) in [6, 6.07) is 22.6. The molecule has 1 saturated heterocycles. The Morgan fingerprint density at radius 1 is 0.907 bits per heavy atom. The monoisotopic (exact) mass is 576 g/mol. The minimum absolute atomic E-state index is 0.123. The lowest BCUT2D eigenvalue weighted by molar-refractivity contribution is -0.122. The Hall–Kier alpha value is -4.85. The van der Waals surface area contributed by atoms with E-state index in [1.807, 2.05) is 12.1 Å². The Morgan fingerprint density at radius 2 is 1.60 bits per heavy atom. The van der Waals surface area contributed by atoms with Crippen molar-refractivity contribution in [2.24, 2.45) is 17.8 Å². The van der Waals surface area contributed by atoms with Crippen LogP contribution in [0.15, 0.2) is 78.9 Å². The molecule has 1 aliphatic heterocycles. The van der Waals surface area contributed by atoms with Crippen LogP contribution in [0.3, 0.4) is 0 Å². The van der Waals surface area contributed by atoms with E-state index >= 15 is 0 Å². The van der Waals surface area contributed by atoms with E-state index < -0.39 is 12.1 Å². The molecule has 43 heavy (non-hydrogen) atoms. The van der Waals surface area contributed by atoms with Crippen LogP contribution < -0.4 is 9.64 Å². The molecule has 0 unspecified atom stereocenters. The molecular formula is C35H32N2O6. The molecule has 2 fully saturated rings. The average molecular weight is 577 g/mol. The second-order valence-electron chi connectivity index (χ2n) is 11.4. The lowest BCUT2D eigenvalue weighted by atomic mass is 9.76. The molecule has 0 N–H and O–H groups in total. The van der Waals surface area contributed by atoms with Crippen molar-refractivity contribution in [3.8, 4) is 17.0 Å². The summed E-state index contributed by atoms with van der Waals surface area (Å²) < 4.78 is 10.8. The summed E-state index contributed by atoms with van der Waals surface area (Å²) in [5.74, 6) is -0.645. The second-order valence-corrected chi connectivity index (χ2v) is 11.4. The van der Waals surface area contributed by atoms with Gasteiger partial charge in [0.2, 0.25) is 17.6 Å². The predicted molar refractivity (Wildman–Crippen MR) is 162 cm³/mol. The molecule has 1 saturated carbocycles. The Morgan fingerprint density at radius 3 is 2.33 bits per heavy atom. The van der Waals surface area contributed by atoms with Crippen LogP contribution in [0, 0.1) is 17.8 Å². The van der Waals surface area contributed by atoms with Crippen molar-refractivity contribution in [3.63, 3.8) is 0 Å². The Balaban J connectivity index is 1.26. The van der Waals surface area contributed by atoms with Crippen molar-refractivity contribution < 1.29 is 28.7 Å². The van der Waals surface area contributed by atoms with Gasteiger partial charge in [-0.05, 0) is 80.6 Å². The number of ketones is 1. The van der Waals surface area contributed by atoms with Gasteiger partial charge in [-0.1, -0.05) is 37.3 Å². The second kappa shape index (κ2) is 11.4. The minimum Gasteiger partial charge on any atom is -0.497 e. The van der Waals surface area contributed by atoms with Gasteiger partial charge in [-0.2, -0.15) is 0 Å². The summed E-state index contributed by atoms with van der Waals surface area (Å²) in [6.45, 7) is 3.68. The number of methoxy groups -OCH3 is 1. The molecule has 8 nitrogen and oxygen atoms in total. The number of Topliss-reactive ketones (excluding diaryl/α,β-unsaturated/α-hetero) is 1. The zero-order chi connectivity index (χ0) is 30.2. The molecule has 1 aliphatic carbocycles. The lowest BCUT2D eigenvalue weighted by Gasteiger charge is -2.25. The number of benzene rings is 3. The number of anilines is 1. The number of nitrogens with zero attached hydrogens (tertiary/aromatic N) is 2. The number of fused-ring (bicyclic) bond motifs is 2. The van der Waals surface area contributed by atoms with Crippen LogP contribution in [-0.2, 0) is 14.3 Å². The van der Waals surface area contributed by atoms with Gasteiger partial charge >= 0.3 is 5.97 Å². The number of hydrogen-bond acceptors (Lipinski definition) is 7. The number of esters is 1. The average Bonchev–Trinajstić information content (AvgIpc) is 3.28. The van der Waals surface area contributed by atoms with Crippen molar-refractivity contribution >= 4 is 40.2 Å². The van der Waals surface area contributed by atoms with Gasteiger partial charge in [0.25, 0.3) is 0 Å². The van der Waals surface area contributed by atoms with Crippen LogP contribution >= 0.6 is 0 Å². The normalized spacial score (nSPS) is 20.5. The zero-order valence-corrected chi connectivity index (χ0v) is 24.3. The van der Waals surface area contributed by atoms with Crippen LogP contribution in [0.4, 0.5) is 5.69 Å². The number of imide groups is 1. The van der Waals surface area contributed by atoms with Crippen molar-refractivity contribution in [2.75, 3.05) is 12.0 Å². The predicted octanol–water partition coefficient (Wildman–Crippen LogP) is 6.26. The maximum absolute atomic E-state index is 13.4. The number of rotatable bonds is 7. The van der Waals surface area contributed by atoms with Gasteiger partial charge in [0.15, 0.2) is 6.10 Å². The first-order chi connectivity index (χ1) is 20.7. The fraction of sp³-hybridized carbons (Fsp3) is 0.286. The molecule has 2 amide bonds. The first-order valence-corrected chi connectivity index (χ1v) is 14.5. The van der Waals surface area contributed by atoms with Crippen LogP contribution in [0.1, 0.15) is 53.8 Å². The maximum atomic E-state index is 13.4. The summed E-state index contributed by atoms with van der Waals surface area (Å²) in [5.41, 5.74) is 3.04. The highest BCUT2D eigenvalue weighted by Crippen LogP contribution is 2.42. The quantitative estimate of drug-likeness (QED) is 0.145. The minimum atomic E-state index is -1.02. The van der Waals surface area contributed by atoms with Gasteiger partial charge < -0.3 is 9.47 Å². The van der Waals surface area contributed by atoms with E-state index in [0.29, 0.717) is 45.1 Å². The highest BCUT2D eigenvalue weighted by atomic mass is 16.5. The number of para-hydroxylation sites is 1. The third-order valence-corrected chi connectivity index (χ3v) is 8.57. The highest BCUT2D eigenvalue weighted by molar-refractivity contribution is 6.22. The van der Waals surface area contributed by atoms with Gasteiger partial charge in [-0.3, -0.25) is 19.3 Å². The first kappa shape index (κ1) is 28.3. The molecule has 1 aromatic heterocycles. The summed E-state index contributed by atoms with van der Waals surface area (Å²) in [4.78, 5) is 58.8. The Kier molecular flexibility index (Phi) is 7.52. The fourth-order valence-corrected chi connectivity index (χ4v) is 6.19. The van der Waals surface area contributed by atoms with Crippen molar-refractivity contribution in [1.82, 2.24) is 4.98 Å². The fourth-order valence-electron chi connectivity index (χ4n) is 6.19. The van der Waals surface area contributed by atoms with Crippen molar-refractivity contribution in [2.45, 2.75) is 39.2 Å². The molecule has 4 aromatic rings. The molecule has 3 aromatic carbocycles. The summed E-state index contributed by atoms with van der Waals surface area (Å²) in [6.07, 6.45) is 1.43. The van der Waals surface area contributed by atoms with Crippen LogP contribution in [0.5, 0.6) is 5.75 Å². The van der Waals surface area contributed by atoms with Gasteiger partial charge in [0.05, 0.1) is 41.4 Å². The molecule has 2 heterocycles. The number of carbonyl (C=O) groups is 4. The number of pyridine rings is 1. The smallest absolute Gasteiger partial charge is 0.339 e. The van der Waals surface area contributed by atoms with Gasteiger partial charge in [-0.15, -0.1) is 0 Å². The standard InChI is InChI=1S/C35H32N2O6/c1-20-8-17-27-28(18-20)34(40)37(33(27)39)24-13-9-22(10-14-24)31-19-29(26-6-4-5-7-30(26)36-31)35(41)43-21(2)32(38)23-11-15-25(42-3)16-12-23/h4-7,9-16,19-21,27-28H,8,17-18H2,1-3H3/t20-,21-,27+,28-/m0/s1. The topological polar surface area (TPSA) is 103 Å². The van der Waals surface area contributed by atoms with E-state index in [4.69, 9.17) is 14.5 Å². The molecule has 0 spiro atoms. The van der Waals surface area contributed by atoms with Crippen molar-refractivity contribution in [1.29, 1.82) is 0 Å². The number of hydrogen-bond donors (Lipinski definition) is 0. The molecule has 2 aliphatic rings. The summed E-state index contributed by atoms with van der Waals surface area (Å²) in [7, 11) is 1.55.